The van der Waals surface area contributed by atoms with Gasteiger partial charge in [-0.25, -0.2) is 14.4 Å². The lowest BCUT2D eigenvalue weighted by Crippen LogP contribution is -1.97. The highest BCUT2D eigenvalue weighted by molar-refractivity contribution is 9.10. The van der Waals surface area contributed by atoms with Crippen LogP contribution >= 0.6 is 15.9 Å². The van der Waals surface area contributed by atoms with E-state index < -0.39 is 5.82 Å². The molecule has 17 heavy (non-hydrogen) atoms. The average molecular weight is 298 g/mol. The van der Waals surface area contributed by atoms with Gasteiger partial charge in [-0.15, -0.1) is 0 Å². The smallest absolute Gasteiger partial charge is 0.165 e. The Balaban J connectivity index is 2.49. The molecule has 0 saturated heterocycles. The maximum Gasteiger partial charge on any atom is 0.165 e. The molecule has 0 radical (unpaired) electrons. The fourth-order valence-corrected chi connectivity index (χ4v) is 1.51. The second-order valence-corrected chi connectivity index (χ2v) is 4.13. The van der Waals surface area contributed by atoms with Crippen molar-refractivity contribution in [3.05, 3.63) is 34.7 Å². The lowest BCUT2D eigenvalue weighted by Gasteiger charge is -2.05. The lowest BCUT2D eigenvalue weighted by atomic mass is 10.2. The summed E-state index contributed by atoms with van der Waals surface area (Å²) < 4.78 is 18.7. The van der Waals surface area contributed by atoms with Gasteiger partial charge in [-0.05, 0) is 34.1 Å². The molecule has 6 heteroatoms. The van der Waals surface area contributed by atoms with Crippen LogP contribution in [0.5, 0.6) is 5.75 Å². The Kier molecular flexibility index (Phi) is 3.23. The number of nitrogens with zero attached hydrogens (tertiary/aromatic N) is 2. The summed E-state index contributed by atoms with van der Waals surface area (Å²) in [6, 6.07) is 4.40. The van der Waals surface area contributed by atoms with Crippen molar-refractivity contribution in [2.75, 3.05) is 12.8 Å². The van der Waals surface area contributed by atoms with E-state index in [4.69, 9.17) is 10.5 Å². The maximum atomic E-state index is 13.2. The van der Waals surface area contributed by atoms with E-state index in [0.717, 1.165) is 0 Å². The molecule has 0 bridgehead atoms. The zero-order valence-corrected chi connectivity index (χ0v) is 10.5. The highest BCUT2D eigenvalue weighted by atomic mass is 79.9. The number of nitrogens with two attached hydrogens (primary N) is 1. The van der Waals surface area contributed by atoms with Crippen molar-refractivity contribution >= 4 is 21.7 Å². The van der Waals surface area contributed by atoms with Gasteiger partial charge in [0.2, 0.25) is 0 Å². The molecule has 2 aromatic rings. The van der Waals surface area contributed by atoms with Crippen LogP contribution in [0.25, 0.3) is 11.4 Å². The molecule has 0 aliphatic heterocycles. The summed E-state index contributed by atoms with van der Waals surface area (Å²) in [7, 11) is 1.40. The Labute approximate surface area is 106 Å². The summed E-state index contributed by atoms with van der Waals surface area (Å²) in [5.74, 6) is 0.469. The van der Waals surface area contributed by atoms with Crippen LogP contribution in [-0.2, 0) is 0 Å². The summed E-state index contributed by atoms with van der Waals surface area (Å²) in [5, 5.41) is 0. The van der Waals surface area contributed by atoms with Gasteiger partial charge in [-0.2, -0.15) is 0 Å². The van der Waals surface area contributed by atoms with Crippen molar-refractivity contribution in [1.82, 2.24) is 9.97 Å². The molecule has 2 rings (SSSR count). The monoisotopic (exact) mass is 297 g/mol. The maximum absolute atomic E-state index is 13.2. The number of ether oxygens (including phenoxy) is 1. The van der Waals surface area contributed by atoms with E-state index in [9.17, 15) is 4.39 Å². The molecule has 88 valence electrons. The van der Waals surface area contributed by atoms with Gasteiger partial charge in [0.05, 0.1) is 11.6 Å². The van der Waals surface area contributed by atoms with E-state index in [1.54, 1.807) is 12.3 Å². The Morgan fingerprint density at radius 2 is 2.18 bits per heavy atom. The molecule has 0 unspecified atom stereocenters. The van der Waals surface area contributed by atoms with Crippen LogP contribution in [0, 0.1) is 5.82 Å². The summed E-state index contributed by atoms with van der Waals surface area (Å²) in [5.41, 5.74) is 6.30. The fraction of sp³-hybridized carbons (Fsp3) is 0.0909. The van der Waals surface area contributed by atoms with Crippen LogP contribution < -0.4 is 10.5 Å². The Morgan fingerprint density at radius 1 is 1.41 bits per heavy atom. The Bertz CT molecular complexity index is 562. The highest BCUT2D eigenvalue weighted by Gasteiger charge is 2.08. The molecule has 1 heterocycles. The van der Waals surface area contributed by atoms with Gasteiger partial charge in [-0.3, -0.25) is 0 Å². The van der Waals surface area contributed by atoms with Gasteiger partial charge in [0.25, 0.3) is 0 Å². The number of rotatable bonds is 2. The van der Waals surface area contributed by atoms with E-state index >= 15 is 0 Å². The Morgan fingerprint density at radius 3 is 2.82 bits per heavy atom. The second kappa shape index (κ2) is 4.67. The third kappa shape index (κ3) is 2.36. The SMILES string of the molecule is COc1cc(-c2ncc(Br)c(N)n2)ccc1F. The number of benzene rings is 1. The quantitative estimate of drug-likeness (QED) is 0.926. The molecule has 0 amide bonds. The lowest BCUT2D eigenvalue weighted by molar-refractivity contribution is 0.387. The predicted octanol–water partition coefficient (Wildman–Crippen LogP) is 2.64. The summed E-state index contributed by atoms with van der Waals surface area (Å²) in [6.07, 6.45) is 1.55. The fourth-order valence-electron chi connectivity index (χ4n) is 1.32. The molecule has 0 spiro atoms. The molecule has 2 N–H and O–H groups in total. The largest absolute Gasteiger partial charge is 0.494 e. The van der Waals surface area contributed by atoms with Gasteiger partial charge in [-0.1, -0.05) is 0 Å². The molecule has 0 fully saturated rings. The first-order valence-corrected chi connectivity index (χ1v) is 5.53. The van der Waals surface area contributed by atoms with Crippen LogP contribution in [0.2, 0.25) is 0 Å². The molecule has 0 atom stereocenters. The average Bonchev–Trinajstić information content (AvgIpc) is 2.33. The van der Waals surface area contributed by atoms with Gasteiger partial charge >= 0.3 is 0 Å². The number of halogens is 2. The summed E-state index contributed by atoms with van der Waals surface area (Å²) in [6.45, 7) is 0. The first-order valence-electron chi connectivity index (χ1n) is 4.73. The van der Waals surface area contributed by atoms with Crippen LogP contribution in [0.3, 0.4) is 0 Å². The molecule has 1 aromatic heterocycles. The summed E-state index contributed by atoms with van der Waals surface area (Å²) >= 11 is 3.21. The van der Waals surface area contributed by atoms with Crippen LogP contribution in [0.15, 0.2) is 28.9 Å². The molecule has 0 aliphatic rings. The van der Waals surface area contributed by atoms with E-state index in [1.807, 2.05) is 0 Å². The normalized spacial score (nSPS) is 10.3. The molecule has 0 saturated carbocycles. The number of aromatic nitrogens is 2. The molecular weight excluding hydrogens is 289 g/mol. The number of hydrogen-bond acceptors (Lipinski definition) is 4. The first kappa shape index (κ1) is 11.8. The van der Waals surface area contributed by atoms with Crippen molar-refractivity contribution in [2.45, 2.75) is 0 Å². The van der Waals surface area contributed by atoms with E-state index in [2.05, 4.69) is 25.9 Å². The van der Waals surface area contributed by atoms with Crippen molar-refractivity contribution < 1.29 is 9.13 Å². The first-order chi connectivity index (χ1) is 8.11. The van der Waals surface area contributed by atoms with Crippen molar-refractivity contribution in [3.63, 3.8) is 0 Å². The minimum absolute atomic E-state index is 0.146. The molecule has 1 aromatic carbocycles. The van der Waals surface area contributed by atoms with Crippen molar-refractivity contribution in [3.8, 4) is 17.1 Å². The van der Waals surface area contributed by atoms with Crippen molar-refractivity contribution in [1.29, 1.82) is 0 Å². The number of hydrogen-bond donors (Lipinski definition) is 1. The molecule has 4 nitrogen and oxygen atoms in total. The van der Waals surface area contributed by atoms with Gasteiger partial charge in [0, 0.05) is 11.8 Å². The Hall–Kier alpha value is -1.69. The molecular formula is C11H9BrFN3O. The predicted molar refractivity (Wildman–Crippen MR) is 66.1 cm³/mol. The third-order valence-corrected chi connectivity index (χ3v) is 2.79. The minimum Gasteiger partial charge on any atom is -0.494 e. The van der Waals surface area contributed by atoms with Crippen LogP contribution in [-0.4, -0.2) is 17.1 Å². The highest BCUT2D eigenvalue weighted by Crippen LogP contribution is 2.25. The molecule has 0 aliphatic carbocycles. The van der Waals surface area contributed by atoms with Gasteiger partial charge < -0.3 is 10.5 Å². The zero-order chi connectivity index (χ0) is 12.4. The number of nitrogen functional groups attached to an aromatic ring is 1. The van der Waals surface area contributed by atoms with E-state index in [1.165, 1.54) is 19.2 Å². The van der Waals surface area contributed by atoms with Crippen molar-refractivity contribution in [2.24, 2.45) is 0 Å². The standard InChI is InChI=1S/C11H9BrFN3O/c1-17-9-4-6(2-3-8(9)13)11-15-5-7(12)10(14)16-11/h2-5H,1H3,(H2,14,15,16). The third-order valence-electron chi connectivity index (χ3n) is 2.18. The van der Waals surface area contributed by atoms with Crippen LogP contribution in [0.4, 0.5) is 10.2 Å². The second-order valence-electron chi connectivity index (χ2n) is 3.28. The number of anilines is 1. The number of methoxy groups -OCH3 is 1. The topological polar surface area (TPSA) is 61.0 Å². The minimum atomic E-state index is -0.429. The van der Waals surface area contributed by atoms with Gasteiger partial charge in [0.1, 0.15) is 5.82 Å². The van der Waals surface area contributed by atoms with E-state index in [-0.39, 0.29) is 5.75 Å². The zero-order valence-electron chi connectivity index (χ0n) is 8.95. The van der Waals surface area contributed by atoms with Gasteiger partial charge in [0.15, 0.2) is 17.4 Å². The van der Waals surface area contributed by atoms with E-state index in [0.29, 0.717) is 21.7 Å². The van der Waals surface area contributed by atoms with Crippen LogP contribution in [0.1, 0.15) is 0 Å². The summed E-state index contributed by atoms with van der Waals surface area (Å²) in [4.78, 5) is 8.19.